The van der Waals surface area contributed by atoms with Gasteiger partial charge in [-0.25, -0.2) is 0 Å². The molecule has 1 aliphatic heterocycles. The fourth-order valence-electron chi connectivity index (χ4n) is 1.54. The van der Waals surface area contributed by atoms with Gasteiger partial charge in [0.25, 0.3) is 0 Å². The summed E-state index contributed by atoms with van der Waals surface area (Å²) >= 11 is 3.84. The summed E-state index contributed by atoms with van der Waals surface area (Å²) in [5.41, 5.74) is 1.49. The molecule has 13 heavy (non-hydrogen) atoms. The Morgan fingerprint density at radius 1 is 1.69 bits per heavy atom. The summed E-state index contributed by atoms with van der Waals surface area (Å²) < 4.78 is 1.49. The third-order valence-corrected chi connectivity index (χ3v) is 4.48. The largest absolute Gasteiger partial charge is 0.306 e. The van der Waals surface area contributed by atoms with E-state index in [0.29, 0.717) is 6.04 Å². The Hall–Kier alpha value is -0.250. The third kappa shape index (κ3) is 1.98. The van der Waals surface area contributed by atoms with Crippen molar-refractivity contribution < 1.29 is 0 Å². The number of hydrogen-bond acceptors (Lipinski definition) is 3. The van der Waals surface area contributed by atoms with Crippen molar-refractivity contribution in [1.82, 2.24) is 5.32 Å². The maximum absolute atomic E-state index is 3.72. The van der Waals surface area contributed by atoms with Crippen LogP contribution in [0.25, 0.3) is 0 Å². The molecule has 1 nitrogen and oxygen atoms in total. The maximum Gasteiger partial charge on any atom is 0.0646 e. The Kier molecular flexibility index (Phi) is 3.09. The van der Waals surface area contributed by atoms with E-state index < -0.39 is 0 Å². The van der Waals surface area contributed by atoms with Gasteiger partial charge in [-0.1, -0.05) is 6.08 Å². The SMILES string of the molecule is C=CCNC1CCSc2sccc21. The molecule has 0 aliphatic carbocycles. The topological polar surface area (TPSA) is 12.0 Å². The molecule has 1 aliphatic rings. The highest BCUT2D eigenvalue weighted by Gasteiger charge is 2.20. The molecule has 1 aromatic rings. The van der Waals surface area contributed by atoms with Gasteiger partial charge in [0.2, 0.25) is 0 Å². The van der Waals surface area contributed by atoms with Crippen molar-refractivity contribution in [2.45, 2.75) is 16.7 Å². The molecule has 0 saturated heterocycles. The standard InChI is InChI=1S/C10H13NS2/c1-2-5-11-9-4-7-13-10-8(9)3-6-12-10/h2-3,6,9,11H,1,4-5,7H2. The van der Waals surface area contributed by atoms with Crippen LogP contribution in [0.5, 0.6) is 0 Å². The van der Waals surface area contributed by atoms with Crippen LogP contribution in [0.1, 0.15) is 18.0 Å². The monoisotopic (exact) mass is 211 g/mol. The van der Waals surface area contributed by atoms with E-state index >= 15 is 0 Å². The lowest BCUT2D eigenvalue weighted by molar-refractivity contribution is 0.545. The highest BCUT2D eigenvalue weighted by Crippen LogP contribution is 2.39. The van der Waals surface area contributed by atoms with Gasteiger partial charge in [-0.05, 0) is 23.4 Å². The summed E-state index contributed by atoms with van der Waals surface area (Å²) in [4.78, 5) is 0. The van der Waals surface area contributed by atoms with Crippen LogP contribution < -0.4 is 5.32 Å². The van der Waals surface area contributed by atoms with Gasteiger partial charge in [0, 0.05) is 18.3 Å². The molecular weight excluding hydrogens is 198 g/mol. The van der Waals surface area contributed by atoms with Crippen molar-refractivity contribution in [2.24, 2.45) is 0 Å². The molecule has 70 valence electrons. The van der Waals surface area contributed by atoms with Crippen LogP contribution in [0.3, 0.4) is 0 Å². The Balaban J connectivity index is 2.10. The molecule has 0 amide bonds. The van der Waals surface area contributed by atoms with Gasteiger partial charge in [0.15, 0.2) is 0 Å². The summed E-state index contributed by atoms with van der Waals surface area (Å²) in [6, 6.07) is 2.80. The van der Waals surface area contributed by atoms with Crippen molar-refractivity contribution in [1.29, 1.82) is 0 Å². The maximum atomic E-state index is 3.72. The van der Waals surface area contributed by atoms with Crippen LogP contribution >= 0.6 is 23.1 Å². The van der Waals surface area contributed by atoms with Crippen LogP contribution in [0.15, 0.2) is 28.3 Å². The van der Waals surface area contributed by atoms with E-state index in [1.165, 1.54) is 21.9 Å². The number of rotatable bonds is 3. The molecule has 1 unspecified atom stereocenters. The summed E-state index contributed by atoms with van der Waals surface area (Å²) in [5, 5.41) is 5.67. The fourth-order valence-corrected chi connectivity index (χ4v) is 3.83. The molecule has 0 saturated carbocycles. The predicted molar refractivity (Wildman–Crippen MR) is 60.6 cm³/mol. The second-order valence-electron chi connectivity index (χ2n) is 3.05. The summed E-state index contributed by atoms with van der Waals surface area (Å²) in [6.07, 6.45) is 3.16. The first kappa shape index (κ1) is 9.31. The number of nitrogens with one attached hydrogen (secondary N) is 1. The van der Waals surface area contributed by atoms with Gasteiger partial charge in [-0.3, -0.25) is 0 Å². The lowest BCUT2D eigenvalue weighted by atomic mass is 10.1. The van der Waals surface area contributed by atoms with Gasteiger partial charge in [-0.2, -0.15) is 0 Å². The Morgan fingerprint density at radius 3 is 3.46 bits per heavy atom. The normalized spacial score (nSPS) is 21.1. The number of fused-ring (bicyclic) bond motifs is 1. The number of hydrogen-bond donors (Lipinski definition) is 1. The average molecular weight is 211 g/mol. The second-order valence-corrected chi connectivity index (χ2v) is 5.33. The third-order valence-electron chi connectivity index (χ3n) is 2.18. The second kappa shape index (κ2) is 4.31. The van der Waals surface area contributed by atoms with Crippen LogP contribution in [-0.2, 0) is 0 Å². The predicted octanol–water partition coefficient (Wildman–Crippen LogP) is 3.06. The minimum Gasteiger partial charge on any atom is -0.306 e. The zero-order chi connectivity index (χ0) is 9.10. The Bertz CT molecular complexity index is 293. The lowest BCUT2D eigenvalue weighted by Crippen LogP contribution is -2.23. The smallest absolute Gasteiger partial charge is 0.0646 e. The van der Waals surface area contributed by atoms with Gasteiger partial charge in [-0.15, -0.1) is 29.7 Å². The molecule has 2 rings (SSSR count). The zero-order valence-electron chi connectivity index (χ0n) is 7.45. The lowest BCUT2D eigenvalue weighted by Gasteiger charge is -2.22. The first-order valence-electron chi connectivity index (χ1n) is 4.46. The highest BCUT2D eigenvalue weighted by atomic mass is 32.2. The van der Waals surface area contributed by atoms with E-state index in [0.717, 1.165) is 6.54 Å². The molecular formula is C10H13NS2. The van der Waals surface area contributed by atoms with Crippen LogP contribution in [0.2, 0.25) is 0 Å². The first-order valence-corrected chi connectivity index (χ1v) is 6.33. The molecule has 2 heterocycles. The molecule has 0 aromatic carbocycles. The highest BCUT2D eigenvalue weighted by molar-refractivity contribution is 8.01. The van der Waals surface area contributed by atoms with Gasteiger partial charge in [0.05, 0.1) is 4.21 Å². The fraction of sp³-hybridized carbons (Fsp3) is 0.400. The van der Waals surface area contributed by atoms with E-state index in [9.17, 15) is 0 Å². The Labute approximate surface area is 87.2 Å². The van der Waals surface area contributed by atoms with E-state index in [4.69, 9.17) is 0 Å². The minimum atomic E-state index is 0.556. The van der Waals surface area contributed by atoms with E-state index in [-0.39, 0.29) is 0 Å². The summed E-state index contributed by atoms with van der Waals surface area (Å²) in [6.45, 7) is 4.63. The van der Waals surface area contributed by atoms with Crippen molar-refractivity contribution in [3.05, 3.63) is 29.7 Å². The van der Waals surface area contributed by atoms with E-state index in [2.05, 4.69) is 23.3 Å². The molecule has 1 aromatic heterocycles. The zero-order valence-corrected chi connectivity index (χ0v) is 9.09. The molecule has 3 heteroatoms. The average Bonchev–Trinajstić information content (AvgIpc) is 2.62. The van der Waals surface area contributed by atoms with Crippen molar-refractivity contribution >= 4 is 23.1 Å². The molecule has 0 bridgehead atoms. The number of thioether (sulfide) groups is 1. The van der Waals surface area contributed by atoms with Crippen molar-refractivity contribution in [2.75, 3.05) is 12.3 Å². The van der Waals surface area contributed by atoms with Crippen LogP contribution in [0, 0.1) is 0 Å². The quantitative estimate of drug-likeness (QED) is 0.771. The first-order chi connectivity index (χ1) is 6.42. The number of thiophene rings is 1. The molecule has 0 fully saturated rings. The Morgan fingerprint density at radius 2 is 2.62 bits per heavy atom. The van der Waals surface area contributed by atoms with Gasteiger partial charge < -0.3 is 5.32 Å². The molecule has 0 spiro atoms. The summed E-state index contributed by atoms with van der Waals surface area (Å²) in [7, 11) is 0. The van der Waals surface area contributed by atoms with Gasteiger partial charge >= 0.3 is 0 Å². The van der Waals surface area contributed by atoms with Crippen molar-refractivity contribution in [3.63, 3.8) is 0 Å². The van der Waals surface area contributed by atoms with Gasteiger partial charge in [0.1, 0.15) is 0 Å². The van der Waals surface area contributed by atoms with E-state index in [1.807, 2.05) is 29.2 Å². The molecule has 1 atom stereocenters. The van der Waals surface area contributed by atoms with Crippen molar-refractivity contribution in [3.8, 4) is 0 Å². The summed E-state index contributed by atoms with van der Waals surface area (Å²) in [5.74, 6) is 1.24. The molecule has 0 radical (unpaired) electrons. The van der Waals surface area contributed by atoms with E-state index in [1.54, 1.807) is 0 Å². The van der Waals surface area contributed by atoms with Crippen LogP contribution in [-0.4, -0.2) is 12.3 Å². The van der Waals surface area contributed by atoms with Crippen LogP contribution in [0.4, 0.5) is 0 Å². The minimum absolute atomic E-state index is 0.556. The molecule has 1 N–H and O–H groups in total.